The lowest BCUT2D eigenvalue weighted by atomic mass is 9.71. The van der Waals surface area contributed by atoms with Gasteiger partial charge in [0.25, 0.3) is 0 Å². The lowest BCUT2D eigenvalue weighted by Gasteiger charge is -2.42. The molecule has 0 saturated heterocycles. The van der Waals surface area contributed by atoms with Gasteiger partial charge < -0.3 is 20.5 Å². The number of ether oxygens (including phenoxy) is 1. The molecular formula is C27H30N2O5. The lowest BCUT2D eigenvalue weighted by molar-refractivity contribution is -0.141. The molecule has 2 saturated carbocycles. The second kappa shape index (κ2) is 8.46. The quantitative estimate of drug-likeness (QED) is 0.604. The number of benzene rings is 2. The average Bonchev–Trinajstić information content (AvgIpc) is 3.31. The third-order valence-corrected chi connectivity index (χ3v) is 7.81. The van der Waals surface area contributed by atoms with Crippen LogP contribution >= 0.6 is 0 Å². The Balaban J connectivity index is 1.17. The summed E-state index contributed by atoms with van der Waals surface area (Å²) in [6.07, 6.45) is 1.44. The molecule has 3 aliphatic rings. The number of carboxylic acid groups (broad SMARTS) is 1. The standard InChI is InChI=1S/C27H30N2O5/c1-27(2,25(32)28-23-13-15-11-16(24(30)31)12-21(15)23)29-26(33)34-14-22-19-9-5-3-7-17(19)18-8-4-6-10-20(18)22/h3-10,15-16,21-23H,11-14H2,1-2H3,(H,28,32)(H,29,33)(H,30,31)/t15-,16?,21-,23+/m0/s1. The number of hydrogen-bond acceptors (Lipinski definition) is 4. The van der Waals surface area contributed by atoms with Gasteiger partial charge in [-0.3, -0.25) is 9.59 Å². The average molecular weight is 463 g/mol. The lowest BCUT2D eigenvalue weighted by Crippen LogP contribution is -2.60. The van der Waals surface area contributed by atoms with Crippen molar-refractivity contribution in [2.75, 3.05) is 6.61 Å². The highest BCUT2D eigenvalue weighted by atomic mass is 16.5. The van der Waals surface area contributed by atoms with E-state index in [0.29, 0.717) is 18.8 Å². The minimum Gasteiger partial charge on any atom is -0.481 e. The largest absolute Gasteiger partial charge is 0.481 e. The van der Waals surface area contributed by atoms with Gasteiger partial charge in [-0.25, -0.2) is 4.79 Å². The molecule has 3 aliphatic carbocycles. The first-order chi connectivity index (χ1) is 16.2. The molecule has 1 unspecified atom stereocenters. The maximum absolute atomic E-state index is 12.9. The molecule has 0 heterocycles. The molecule has 2 aromatic carbocycles. The molecule has 4 atom stereocenters. The maximum Gasteiger partial charge on any atom is 0.408 e. The second-order valence-corrected chi connectivity index (χ2v) is 10.3. The summed E-state index contributed by atoms with van der Waals surface area (Å²) in [4.78, 5) is 36.8. The summed E-state index contributed by atoms with van der Waals surface area (Å²) in [6.45, 7) is 3.48. The molecule has 3 N–H and O–H groups in total. The van der Waals surface area contributed by atoms with Gasteiger partial charge in [0.05, 0.1) is 5.92 Å². The van der Waals surface area contributed by atoms with Crippen molar-refractivity contribution in [1.82, 2.24) is 10.6 Å². The van der Waals surface area contributed by atoms with Gasteiger partial charge in [0.15, 0.2) is 0 Å². The van der Waals surface area contributed by atoms with E-state index in [4.69, 9.17) is 4.74 Å². The van der Waals surface area contributed by atoms with E-state index < -0.39 is 17.6 Å². The fourth-order valence-corrected chi connectivity index (χ4v) is 5.89. The molecule has 0 aromatic heterocycles. The Kier molecular flexibility index (Phi) is 5.58. The Labute approximate surface area is 198 Å². The number of rotatable bonds is 6. The van der Waals surface area contributed by atoms with Crippen LogP contribution in [0.5, 0.6) is 0 Å². The molecule has 0 spiro atoms. The van der Waals surface area contributed by atoms with Gasteiger partial charge in [0, 0.05) is 12.0 Å². The van der Waals surface area contributed by atoms with Crippen LogP contribution in [0.4, 0.5) is 4.79 Å². The number of carbonyl (C=O) groups excluding carboxylic acids is 2. The first-order valence-electron chi connectivity index (χ1n) is 11.9. The third-order valence-electron chi connectivity index (χ3n) is 7.81. The van der Waals surface area contributed by atoms with Crippen LogP contribution < -0.4 is 10.6 Å². The number of aliphatic carboxylic acids is 1. The van der Waals surface area contributed by atoms with E-state index >= 15 is 0 Å². The van der Waals surface area contributed by atoms with Crippen molar-refractivity contribution in [3.63, 3.8) is 0 Å². The number of amides is 2. The number of fused-ring (bicyclic) bond motifs is 4. The monoisotopic (exact) mass is 462 g/mol. The molecule has 2 fully saturated rings. The van der Waals surface area contributed by atoms with Crippen molar-refractivity contribution in [3.05, 3.63) is 59.7 Å². The van der Waals surface area contributed by atoms with Gasteiger partial charge in [-0.2, -0.15) is 0 Å². The topological polar surface area (TPSA) is 105 Å². The first kappa shape index (κ1) is 22.4. The predicted molar refractivity (Wildman–Crippen MR) is 126 cm³/mol. The van der Waals surface area contributed by atoms with Crippen LogP contribution in [-0.4, -0.2) is 41.3 Å². The van der Waals surface area contributed by atoms with Crippen LogP contribution in [0.25, 0.3) is 11.1 Å². The molecule has 178 valence electrons. The first-order valence-corrected chi connectivity index (χ1v) is 11.9. The zero-order valence-electron chi connectivity index (χ0n) is 19.4. The van der Waals surface area contributed by atoms with Crippen molar-refractivity contribution >= 4 is 18.0 Å². The summed E-state index contributed by atoms with van der Waals surface area (Å²) in [5, 5.41) is 15.0. The highest BCUT2D eigenvalue weighted by molar-refractivity contribution is 5.89. The molecular weight excluding hydrogens is 432 g/mol. The van der Waals surface area contributed by atoms with Gasteiger partial charge in [0.2, 0.25) is 5.91 Å². The number of carbonyl (C=O) groups is 3. The highest BCUT2D eigenvalue weighted by Gasteiger charge is 2.50. The Morgan fingerprint density at radius 3 is 2.21 bits per heavy atom. The van der Waals surface area contributed by atoms with E-state index in [0.717, 1.165) is 28.7 Å². The molecule has 5 rings (SSSR count). The van der Waals surface area contributed by atoms with E-state index in [1.54, 1.807) is 13.8 Å². The van der Waals surface area contributed by atoms with Crippen molar-refractivity contribution in [3.8, 4) is 11.1 Å². The number of nitrogens with one attached hydrogen (secondary N) is 2. The van der Waals surface area contributed by atoms with E-state index in [2.05, 4.69) is 34.9 Å². The molecule has 2 amide bonds. The smallest absolute Gasteiger partial charge is 0.408 e. The second-order valence-electron chi connectivity index (χ2n) is 10.3. The summed E-state index contributed by atoms with van der Waals surface area (Å²) < 4.78 is 5.59. The van der Waals surface area contributed by atoms with Crippen LogP contribution in [-0.2, 0) is 14.3 Å². The summed E-state index contributed by atoms with van der Waals surface area (Å²) in [7, 11) is 0. The minimum atomic E-state index is -1.15. The molecule has 34 heavy (non-hydrogen) atoms. The fourth-order valence-electron chi connectivity index (χ4n) is 5.89. The van der Waals surface area contributed by atoms with Crippen LogP contribution in [0.3, 0.4) is 0 Å². The van der Waals surface area contributed by atoms with Gasteiger partial charge >= 0.3 is 12.1 Å². The molecule has 0 aliphatic heterocycles. The summed E-state index contributed by atoms with van der Waals surface area (Å²) in [6, 6.07) is 16.2. The number of carboxylic acids is 1. The highest BCUT2D eigenvalue weighted by Crippen LogP contribution is 2.50. The Morgan fingerprint density at radius 1 is 0.971 bits per heavy atom. The van der Waals surface area contributed by atoms with Gasteiger partial charge in [-0.1, -0.05) is 48.5 Å². The summed E-state index contributed by atoms with van der Waals surface area (Å²) in [5.41, 5.74) is 3.41. The molecule has 7 nitrogen and oxygen atoms in total. The zero-order chi connectivity index (χ0) is 24.0. The number of hydrogen-bond donors (Lipinski definition) is 3. The summed E-state index contributed by atoms with van der Waals surface area (Å²) >= 11 is 0. The van der Waals surface area contributed by atoms with Crippen molar-refractivity contribution < 1.29 is 24.2 Å². The normalized spacial score (nSPS) is 24.9. The SMILES string of the molecule is CC(C)(NC(=O)OCC1c2ccccc2-c2ccccc21)C(=O)N[C@@H]1C[C@@H]2CC(C(=O)O)C[C@@H]21. The van der Waals surface area contributed by atoms with E-state index in [1.165, 1.54) is 0 Å². The zero-order valence-corrected chi connectivity index (χ0v) is 19.4. The van der Waals surface area contributed by atoms with Crippen molar-refractivity contribution in [2.45, 2.75) is 50.6 Å². The maximum atomic E-state index is 12.9. The van der Waals surface area contributed by atoms with E-state index in [-0.39, 0.29) is 36.3 Å². The molecule has 2 aromatic rings. The van der Waals surface area contributed by atoms with Crippen LogP contribution in [0.2, 0.25) is 0 Å². The fraction of sp³-hybridized carbons (Fsp3) is 0.444. The molecule has 0 radical (unpaired) electrons. The van der Waals surface area contributed by atoms with Gasteiger partial charge in [-0.15, -0.1) is 0 Å². The van der Waals surface area contributed by atoms with Crippen LogP contribution in [0, 0.1) is 17.8 Å². The third kappa shape index (κ3) is 3.93. The number of alkyl carbamates (subject to hydrolysis) is 1. The van der Waals surface area contributed by atoms with E-state index in [1.807, 2.05) is 24.3 Å². The molecule has 0 bridgehead atoms. The van der Waals surface area contributed by atoms with Crippen LogP contribution in [0.15, 0.2) is 48.5 Å². The van der Waals surface area contributed by atoms with Crippen molar-refractivity contribution in [1.29, 1.82) is 0 Å². The molecule has 7 heteroatoms. The Bertz CT molecular complexity index is 1100. The Hall–Kier alpha value is -3.35. The predicted octanol–water partition coefficient (Wildman–Crippen LogP) is 3.92. The minimum absolute atomic E-state index is 0.0366. The van der Waals surface area contributed by atoms with E-state index in [9.17, 15) is 19.5 Å². The summed E-state index contributed by atoms with van der Waals surface area (Å²) in [5.74, 6) is -0.838. The van der Waals surface area contributed by atoms with Crippen LogP contribution in [0.1, 0.15) is 50.2 Å². The van der Waals surface area contributed by atoms with Crippen molar-refractivity contribution in [2.24, 2.45) is 17.8 Å². The van der Waals surface area contributed by atoms with Gasteiger partial charge in [-0.05, 0) is 67.2 Å². The van der Waals surface area contributed by atoms with Gasteiger partial charge in [0.1, 0.15) is 12.1 Å². The Morgan fingerprint density at radius 2 is 1.59 bits per heavy atom.